The second-order valence-corrected chi connectivity index (χ2v) is 6.43. The van der Waals surface area contributed by atoms with Crippen LogP contribution in [-0.2, 0) is 0 Å². The number of nitrogens with one attached hydrogen (secondary N) is 1. The van der Waals surface area contributed by atoms with Gasteiger partial charge in [0, 0.05) is 17.0 Å². The van der Waals surface area contributed by atoms with Gasteiger partial charge in [-0.2, -0.15) is 11.8 Å². The first kappa shape index (κ1) is 14.5. The van der Waals surface area contributed by atoms with Crippen molar-refractivity contribution >= 4 is 35.0 Å². The molecule has 1 saturated carbocycles. The lowest BCUT2D eigenvalue weighted by molar-refractivity contribution is 0.0929. The van der Waals surface area contributed by atoms with Gasteiger partial charge in [-0.1, -0.05) is 17.7 Å². The summed E-state index contributed by atoms with van der Waals surface area (Å²) in [4.78, 5) is 12.2. The fourth-order valence-electron chi connectivity index (χ4n) is 2.48. The van der Waals surface area contributed by atoms with Crippen LogP contribution in [0.2, 0.25) is 5.02 Å². The molecule has 1 aliphatic carbocycles. The molecule has 1 aromatic carbocycles. The average molecular weight is 299 g/mol. The van der Waals surface area contributed by atoms with Crippen LogP contribution in [0.3, 0.4) is 0 Å². The Balaban J connectivity index is 1.98. The van der Waals surface area contributed by atoms with Crippen LogP contribution >= 0.6 is 23.4 Å². The summed E-state index contributed by atoms with van der Waals surface area (Å²) in [5.41, 5.74) is 6.65. The molecule has 0 atom stereocenters. The van der Waals surface area contributed by atoms with Crippen LogP contribution in [0.5, 0.6) is 0 Å². The van der Waals surface area contributed by atoms with Gasteiger partial charge < -0.3 is 11.1 Å². The smallest absolute Gasteiger partial charge is 0.255 e. The van der Waals surface area contributed by atoms with Gasteiger partial charge in [0.05, 0.1) is 10.6 Å². The van der Waals surface area contributed by atoms with E-state index in [1.807, 2.05) is 11.8 Å². The van der Waals surface area contributed by atoms with Gasteiger partial charge in [-0.25, -0.2) is 0 Å². The van der Waals surface area contributed by atoms with E-state index >= 15 is 0 Å². The first-order chi connectivity index (χ1) is 9.11. The summed E-state index contributed by atoms with van der Waals surface area (Å²) in [6.45, 7) is 0. The summed E-state index contributed by atoms with van der Waals surface area (Å²) in [6.07, 6.45) is 6.52. The molecule has 1 fully saturated rings. The first-order valence-corrected chi connectivity index (χ1v) is 8.16. The number of anilines is 1. The molecule has 0 aliphatic heterocycles. The zero-order chi connectivity index (χ0) is 13.8. The number of halogens is 1. The Morgan fingerprint density at radius 3 is 2.63 bits per heavy atom. The zero-order valence-corrected chi connectivity index (χ0v) is 12.6. The van der Waals surface area contributed by atoms with E-state index in [0.29, 0.717) is 16.3 Å². The molecule has 0 unspecified atom stereocenters. The Bertz CT molecular complexity index is 439. The van der Waals surface area contributed by atoms with Gasteiger partial charge in [0.2, 0.25) is 0 Å². The molecule has 3 nitrogen and oxygen atoms in total. The van der Waals surface area contributed by atoms with Crippen molar-refractivity contribution in [3.63, 3.8) is 0 Å². The van der Waals surface area contributed by atoms with E-state index in [2.05, 4.69) is 11.6 Å². The van der Waals surface area contributed by atoms with Crippen molar-refractivity contribution in [3.05, 3.63) is 28.8 Å². The van der Waals surface area contributed by atoms with Gasteiger partial charge in [0.15, 0.2) is 0 Å². The largest absolute Gasteiger partial charge is 0.398 e. The topological polar surface area (TPSA) is 55.1 Å². The fraction of sp³-hybridized carbons (Fsp3) is 0.500. The molecule has 0 heterocycles. The number of benzene rings is 1. The van der Waals surface area contributed by atoms with Crippen molar-refractivity contribution in [1.82, 2.24) is 5.32 Å². The fourth-order valence-corrected chi connectivity index (χ4v) is 3.49. The number of hydrogen-bond donors (Lipinski definition) is 2. The summed E-state index contributed by atoms with van der Waals surface area (Å²) >= 11 is 7.96. The molecule has 2 rings (SSSR count). The molecule has 19 heavy (non-hydrogen) atoms. The van der Waals surface area contributed by atoms with E-state index in [1.54, 1.807) is 18.2 Å². The third-order valence-electron chi connectivity index (χ3n) is 3.62. The second-order valence-electron chi connectivity index (χ2n) is 4.89. The van der Waals surface area contributed by atoms with Crippen LogP contribution in [0.25, 0.3) is 0 Å². The van der Waals surface area contributed by atoms with Crippen LogP contribution < -0.4 is 11.1 Å². The number of nitrogen functional groups attached to an aromatic ring is 1. The predicted octanol–water partition coefficient (Wildman–Crippen LogP) is 3.33. The lowest BCUT2D eigenvalue weighted by Gasteiger charge is -2.28. The Morgan fingerprint density at radius 2 is 2.05 bits per heavy atom. The first-order valence-electron chi connectivity index (χ1n) is 6.49. The molecular formula is C14H19ClN2OS. The SMILES string of the molecule is CSC1CCC(NC(=O)c2c(N)cccc2Cl)CC1. The highest BCUT2D eigenvalue weighted by molar-refractivity contribution is 7.99. The Hall–Kier alpha value is -0.870. The third-order valence-corrected chi connectivity index (χ3v) is 5.07. The number of hydrogen-bond acceptors (Lipinski definition) is 3. The standard InChI is InChI=1S/C14H19ClN2OS/c1-19-10-7-5-9(6-8-10)17-14(18)13-11(15)3-2-4-12(13)16/h2-4,9-10H,5-8,16H2,1H3,(H,17,18). The number of carbonyl (C=O) groups is 1. The minimum atomic E-state index is -0.157. The van der Waals surface area contributed by atoms with Crippen molar-refractivity contribution < 1.29 is 4.79 Å². The highest BCUT2D eigenvalue weighted by Gasteiger charge is 2.23. The lowest BCUT2D eigenvalue weighted by atomic mass is 9.94. The van der Waals surface area contributed by atoms with E-state index in [4.69, 9.17) is 17.3 Å². The molecule has 104 valence electrons. The van der Waals surface area contributed by atoms with E-state index in [-0.39, 0.29) is 11.9 Å². The van der Waals surface area contributed by atoms with Crippen molar-refractivity contribution in [2.75, 3.05) is 12.0 Å². The van der Waals surface area contributed by atoms with Crippen LogP contribution in [0.1, 0.15) is 36.0 Å². The molecule has 3 N–H and O–H groups in total. The maximum Gasteiger partial charge on any atom is 0.255 e. The van der Waals surface area contributed by atoms with Crippen LogP contribution in [0.4, 0.5) is 5.69 Å². The lowest BCUT2D eigenvalue weighted by Crippen LogP contribution is -2.38. The summed E-state index contributed by atoms with van der Waals surface area (Å²) < 4.78 is 0. The van der Waals surface area contributed by atoms with E-state index < -0.39 is 0 Å². The van der Waals surface area contributed by atoms with Crippen molar-refractivity contribution in [1.29, 1.82) is 0 Å². The number of amides is 1. The van der Waals surface area contributed by atoms with Gasteiger partial charge in [0.25, 0.3) is 5.91 Å². The minimum absolute atomic E-state index is 0.157. The van der Waals surface area contributed by atoms with Crippen LogP contribution in [0, 0.1) is 0 Å². The molecular weight excluding hydrogens is 280 g/mol. The summed E-state index contributed by atoms with van der Waals surface area (Å²) in [7, 11) is 0. The molecule has 0 saturated heterocycles. The van der Waals surface area contributed by atoms with Crippen molar-refractivity contribution in [3.8, 4) is 0 Å². The summed E-state index contributed by atoms with van der Waals surface area (Å²) in [5, 5.41) is 4.20. The van der Waals surface area contributed by atoms with Crippen LogP contribution in [0.15, 0.2) is 18.2 Å². The normalized spacial score (nSPS) is 23.1. The average Bonchev–Trinajstić information content (AvgIpc) is 2.39. The maximum atomic E-state index is 12.2. The van der Waals surface area contributed by atoms with Gasteiger partial charge in [-0.15, -0.1) is 0 Å². The molecule has 0 radical (unpaired) electrons. The quantitative estimate of drug-likeness (QED) is 0.842. The second kappa shape index (κ2) is 6.53. The summed E-state index contributed by atoms with van der Waals surface area (Å²) in [6, 6.07) is 5.38. The van der Waals surface area contributed by atoms with Gasteiger partial charge in [-0.05, 0) is 44.1 Å². The molecule has 1 amide bonds. The Morgan fingerprint density at radius 1 is 1.37 bits per heavy atom. The third kappa shape index (κ3) is 3.57. The van der Waals surface area contributed by atoms with Crippen molar-refractivity contribution in [2.45, 2.75) is 37.0 Å². The van der Waals surface area contributed by atoms with Crippen LogP contribution in [-0.4, -0.2) is 23.5 Å². The number of carbonyl (C=O) groups excluding carboxylic acids is 1. The van der Waals surface area contributed by atoms with Gasteiger partial charge in [0.1, 0.15) is 0 Å². The molecule has 1 aliphatic rings. The molecule has 0 bridgehead atoms. The van der Waals surface area contributed by atoms with E-state index in [9.17, 15) is 4.79 Å². The molecule has 1 aromatic rings. The maximum absolute atomic E-state index is 12.2. The zero-order valence-electron chi connectivity index (χ0n) is 11.0. The highest BCUT2D eigenvalue weighted by atomic mass is 35.5. The number of rotatable bonds is 3. The van der Waals surface area contributed by atoms with E-state index in [1.165, 1.54) is 0 Å². The number of nitrogens with two attached hydrogens (primary N) is 1. The Kier molecular flexibility index (Phi) is 4.99. The number of thioether (sulfide) groups is 1. The molecule has 0 aromatic heterocycles. The van der Waals surface area contributed by atoms with Crippen molar-refractivity contribution in [2.24, 2.45) is 0 Å². The van der Waals surface area contributed by atoms with Gasteiger partial charge in [-0.3, -0.25) is 4.79 Å². The highest BCUT2D eigenvalue weighted by Crippen LogP contribution is 2.28. The predicted molar refractivity (Wildman–Crippen MR) is 82.9 cm³/mol. The molecule has 0 spiro atoms. The van der Waals surface area contributed by atoms with E-state index in [0.717, 1.165) is 30.9 Å². The van der Waals surface area contributed by atoms with Gasteiger partial charge >= 0.3 is 0 Å². The summed E-state index contributed by atoms with van der Waals surface area (Å²) in [5.74, 6) is -0.157. The minimum Gasteiger partial charge on any atom is -0.398 e. The Labute approximate surface area is 123 Å². The molecule has 5 heteroatoms. The monoisotopic (exact) mass is 298 g/mol.